The van der Waals surface area contributed by atoms with Gasteiger partial charge in [-0.05, 0) is 36.4 Å². The van der Waals surface area contributed by atoms with Crippen molar-refractivity contribution in [2.24, 2.45) is 5.14 Å². The molecule has 0 aliphatic heterocycles. The molecule has 0 bridgehead atoms. The molecular formula is C18H15N3O5S. The summed E-state index contributed by atoms with van der Waals surface area (Å²) < 4.78 is 27.3. The van der Waals surface area contributed by atoms with E-state index in [0.717, 1.165) is 5.39 Å². The summed E-state index contributed by atoms with van der Waals surface area (Å²) in [5.74, 6) is -1.30. The minimum absolute atomic E-state index is 0.0747. The van der Waals surface area contributed by atoms with Gasteiger partial charge in [-0.3, -0.25) is 4.79 Å². The molecule has 0 spiro atoms. The molecule has 0 radical (unpaired) electrons. The molecule has 0 fully saturated rings. The molecule has 27 heavy (non-hydrogen) atoms. The van der Waals surface area contributed by atoms with Crippen LogP contribution < -0.4 is 10.5 Å². The minimum atomic E-state index is -3.80. The first-order valence-electron chi connectivity index (χ1n) is 7.78. The third-order valence-corrected chi connectivity index (χ3v) is 4.54. The number of primary sulfonamides is 1. The second-order valence-corrected chi connectivity index (χ2v) is 7.14. The number of pyridine rings is 1. The molecule has 0 saturated heterocycles. The maximum Gasteiger partial charge on any atom is 0.357 e. The first-order valence-corrected chi connectivity index (χ1v) is 9.33. The smallest absolute Gasteiger partial charge is 0.357 e. The van der Waals surface area contributed by atoms with Gasteiger partial charge in [0.05, 0.1) is 10.4 Å². The van der Waals surface area contributed by atoms with Gasteiger partial charge in [0.2, 0.25) is 10.0 Å². The number of para-hydroxylation sites is 1. The summed E-state index contributed by atoms with van der Waals surface area (Å²) in [6, 6.07) is 15.8. The molecule has 3 N–H and O–H groups in total. The van der Waals surface area contributed by atoms with Crippen LogP contribution in [0.25, 0.3) is 10.9 Å². The van der Waals surface area contributed by atoms with Crippen LogP contribution in [0.15, 0.2) is 65.6 Å². The fourth-order valence-electron chi connectivity index (χ4n) is 2.31. The van der Waals surface area contributed by atoms with E-state index < -0.39 is 28.5 Å². The molecule has 9 heteroatoms. The zero-order chi connectivity index (χ0) is 19.4. The van der Waals surface area contributed by atoms with Crippen molar-refractivity contribution in [3.05, 3.63) is 66.4 Å². The molecule has 138 valence electrons. The van der Waals surface area contributed by atoms with Crippen LogP contribution in [0.1, 0.15) is 10.5 Å². The number of aromatic nitrogens is 1. The summed E-state index contributed by atoms with van der Waals surface area (Å²) in [6.45, 7) is -0.510. The van der Waals surface area contributed by atoms with E-state index in [1.807, 2.05) is 12.1 Å². The highest BCUT2D eigenvalue weighted by molar-refractivity contribution is 7.89. The van der Waals surface area contributed by atoms with Crippen molar-refractivity contribution in [3.8, 4) is 0 Å². The Labute approximate surface area is 155 Å². The van der Waals surface area contributed by atoms with Crippen molar-refractivity contribution in [2.75, 3.05) is 11.9 Å². The predicted molar refractivity (Wildman–Crippen MR) is 98.5 cm³/mol. The van der Waals surface area contributed by atoms with Crippen molar-refractivity contribution in [3.63, 3.8) is 0 Å². The van der Waals surface area contributed by atoms with E-state index in [9.17, 15) is 18.0 Å². The van der Waals surface area contributed by atoms with Crippen LogP contribution in [-0.4, -0.2) is 31.9 Å². The Bertz CT molecular complexity index is 1110. The van der Waals surface area contributed by atoms with Crippen LogP contribution in [0.5, 0.6) is 0 Å². The highest BCUT2D eigenvalue weighted by Crippen LogP contribution is 2.14. The number of fused-ring (bicyclic) bond motifs is 1. The van der Waals surface area contributed by atoms with Gasteiger partial charge in [0.1, 0.15) is 5.69 Å². The summed E-state index contributed by atoms with van der Waals surface area (Å²) in [7, 11) is -3.80. The van der Waals surface area contributed by atoms with Crippen molar-refractivity contribution in [2.45, 2.75) is 4.90 Å². The zero-order valence-electron chi connectivity index (χ0n) is 14.0. The van der Waals surface area contributed by atoms with Gasteiger partial charge in [-0.2, -0.15) is 0 Å². The molecular weight excluding hydrogens is 370 g/mol. The second kappa shape index (κ2) is 7.52. The summed E-state index contributed by atoms with van der Waals surface area (Å²) >= 11 is 0. The van der Waals surface area contributed by atoms with Gasteiger partial charge >= 0.3 is 5.97 Å². The van der Waals surface area contributed by atoms with E-state index >= 15 is 0 Å². The molecule has 2 aromatic carbocycles. The maximum atomic E-state index is 12.1. The molecule has 0 aliphatic rings. The molecule has 1 heterocycles. The number of sulfonamides is 1. The number of anilines is 1. The number of carbonyl (C=O) groups is 2. The maximum absolute atomic E-state index is 12.1. The van der Waals surface area contributed by atoms with Crippen molar-refractivity contribution < 1.29 is 22.7 Å². The molecule has 1 aromatic heterocycles. The molecule has 0 aliphatic carbocycles. The number of benzene rings is 2. The Morgan fingerprint density at radius 3 is 2.41 bits per heavy atom. The highest BCUT2D eigenvalue weighted by Gasteiger charge is 2.13. The zero-order valence-corrected chi connectivity index (χ0v) is 14.8. The number of amides is 1. The number of nitrogens with two attached hydrogens (primary N) is 1. The Hall–Kier alpha value is -3.30. The summed E-state index contributed by atoms with van der Waals surface area (Å²) in [5.41, 5.74) is 1.08. The highest BCUT2D eigenvalue weighted by atomic mass is 32.2. The van der Waals surface area contributed by atoms with Crippen LogP contribution in [0, 0.1) is 0 Å². The van der Waals surface area contributed by atoms with E-state index in [4.69, 9.17) is 9.88 Å². The lowest BCUT2D eigenvalue weighted by Crippen LogP contribution is -2.21. The molecule has 0 atom stereocenters. The lowest BCUT2D eigenvalue weighted by atomic mass is 10.2. The van der Waals surface area contributed by atoms with Gasteiger partial charge in [-0.1, -0.05) is 24.3 Å². The number of nitrogens with one attached hydrogen (secondary N) is 1. The first kappa shape index (κ1) is 18.5. The van der Waals surface area contributed by atoms with Crippen molar-refractivity contribution in [1.29, 1.82) is 0 Å². The number of ether oxygens (including phenoxy) is 1. The van der Waals surface area contributed by atoms with Gasteiger partial charge < -0.3 is 10.1 Å². The number of rotatable bonds is 5. The monoisotopic (exact) mass is 385 g/mol. The summed E-state index contributed by atoms with van der Waals surface area (Å²) in [6.07, 6.45) is 0. The minimum Gasteiger partial charge on any atom is -0.451 e. The molecule has 8 nitrogen and oxygen atoms in total. The average molecular weight is 385 g/mol. The number of carbonyl (C=O) groups excluding carboxylic acids is 2. The van der Waals surface area contributed by atoms with Gasteiger partial charge in [-0.15, -0.1) is 0 Å². The fraction of sp³-hybridized carbons (Fsp3) is 0.0556. The van der Waals surface area contributed by atoms with Gasteiger partial charge in [0.15, 0.2) is 6.61 Å². The normalized spacial score (nSPS) is 11.1. The third kappa shape index (κ3) is 4.66. The van der Waals surface area contributed by atoms with Gasteiger partial charge in [0.25, 0.3) is 5.91 Å². The summed E-state index contributed by atoms with van der Waals surface area (Å²) in [4.78, 5) is 28.1. The third-order valence-electron chi connectivity index (χ3n) is 3.61. The Kier molecular flexibility index (Phi) is 5.15. The molecule has 0 unspecified atom stereocenters. The van der Waals surface area contributed by atoms with E-state index in [2.05, 4.69) is 10.3 Å². The SMILES string of the molecule is NS(=O)(=O)c1ccc(NC(=O)COC(=O)c2ccc3ccccc3n2)cc1. The lowest BCUT2D eigenvalue weighted by Gasteiger charge is -2.07. The average Bonchev–Trinajstić information content (AvgIpc) is 2.65. The van der Waals surface area contributed by atoms with E-state index in [1.165, 1.54) is 30.3 Å². The predicted octanol–water partition coefficient (Wildman–Crippen LogP) is 1.68. The van der Waals surface area contributed by atoms with Gasteiger partial charge in [0, 0.05) is 11.1 Å². The second-order valence-electron chi connectivity index (χ2n) is 5.58. The molecule has 1 amide bonds. The Morgan fingerprint density at radius 2 is 1.70 bits per heavy atom. The van der Waals surface area contributed by atoms with E-state index in [0.29, 0.717) is 11.2 Å². The molecule has 0 saturated carbocycles. The Balaban J connectivity index is 1.58. The largest absolute Gasteiger partial charge is 0.451 e. The number of nitrogens with zero attached hydrogens (tertiary/aromatic N) is 1. The topological polar surface area (TPSA) is 128 Å². The number of esters is 1. The summed E-state index contributed by atoms with van der Waals surface area (Å²) in [5, 5.41) is 8.37. The van der Waals surface area contributed by atoms with Crippen molar-refractivity contribution >= 4 is 38.5 Å². The van der Waals surface area contributed by atoms with Crippen LogP contribution in [0.4, 0.5) is 5.69 Å². The van der Waals surface area contributed by atoms with E-state index in [-0.39, 0.29) is 10.6 Å². The molecule has 3 rings (SSSR count). The number of hydrogen-bond donors (Lipinski definition) is 2. The van der Waals surface area contributed by atoms with Crippen LogP contribution in [-0.2, 0) is 19.6 Å². The lowest BCUT2D eigenvalue weighted by molar-refractivity contribution is -0.119. The number of hydrogen-bond acceptors (Lipinski definition) is 6. The van der Waals surface area contributed by atoms with Crippen LogP contribution in [0.3, 0.4) is 0 Å². The Morgan fingerprint density at radius 1 is 1.00 bits per heavy atom. The molecule has 3 aromatic rings. The standard InChI is InChI=1S/C18H15N3O5S/c19-27(24,25)14-8-6-13(7-9-14)20-17(22)11-26-18(23)16-10-5-12-3-1-2-4-15(12)21-16/h1-10H,11H2,(H,20,22)(H2,19,24,25). The van der Waals surface area contributed by atoms with Crippen LogP contribution in [0.2, 0.25) is 0 Å². The van der Waals surface area contributed by atoms with Crippen LogP contribution >= 0.6 is 0 Å². The van der Waals surface area contributed by atoms with Gasteiger partial charge in [-0.25, -0.2) is 23.3 Å². The van der Waals surface area contributed by atoms with E-state index in [1.54, 1.807) is 18.2 Å². The first-order chi connectivity index (χ1) is 12.8. The van der Waals surface area contributed by atoms with Crippen molar-refractivity contribution in [1.82, 2.24) is 4.98 Å². The quantitative estimate of drug-likeness (QED) is 0.643. The fourth-order valence-corrected chi connectivity index (χ4v) is 2.83.